The number of aromatic nitrogens is 2. The first-order valence-corrected chi connectivity index (χ1v) is 18.1. The molecule has 2 aliphatic heterocycles. The molecule has 4 aliphatic rings. The molecule has 0 amide bonds. The van der Waals surface area contributed by atoms with Crippen molar-refractivity contribution in [2.75, 3.05) is 75.2 Å². The molecule has 2 aromatic carbocycles. The maximum Gasteiger partial charge on any atom is 2.00 e. The SMILES string of the molecule is CCN1CCN(c2cc3c(cc2F)c(=O)c(C(=O)[O-])cn3C2CC2)CC1.CCN1CCN(c2cc3c(cc2F)c(=O)c(C(=O)[O-])cn3C2CC2)CC1.[Ni+2]. The Kier molecular flexibility index (Phi) is 11.3. The van der Waals surface area contributed by atoms with Crippen LogP contribution in [0, 0.1) is 11.6 Å². The third kappa shape index (κ3) is 7.70. The summed E-state index contributed by atoms with van der Waals surface area (Å²) in [6.45, 7) is 12.5. The van der Waals surface area contributed by atoms with Gasteiger partial charge in [0.2, 0.25) is 0 Å². The van der Waals surface area contributed by atoms with Crippen LogP contribution in [0.5, 0.6) is 0 Å². The van der Waals surface area contributed by atoms with Gasteiger partial charge in [-0.25, -0.2) is 8.78 Å². The van der Waals surface area contributed by atoms with Crippen molar-refractivity contribution in [2.45, 2.75) is 51.6 Å². The average molecular weight is 775 g/mol. The summed E-state index contributed by atoms with van der Waals surface area (Å²) in [6.07, 6.45) is 6.40. The first-order valence-electron chi connectivity index (χ1n) is 18.1. The van der Waals surface area contributed by atoms with E-state index in [1.807, 2.05) is 9.80 Å². The van der Waals surface area contributed by atoms with Gasteiger partial charge in [-0.15, -0.1) is 0 Å². The molecule has 12 nitrogen and oxygen atoms in total. The van der Waals surface area contributed by atoms with Gasteiger partial charge in [0.05, 0.1) is 45.5 Å². The number of nitrogens with zero attached hydrogens (tertiary/aromatic N) is 6. The maximum atomic E-state index is 14.8. The number of halogens is 2. The van der Waals surface area contributed by atoms with E-state index in [0.717, 1.165) is 91.1 Å². The van der Waals surface area contributed by atoms with Gasteiger partial charge in [0.1, 0.15) is 11.6 Å². The number of carbonyl (C=O) groups is 2. The van der Waals surface area contributed by atoms with Crippen LogP contribution >= 0.6 is 0 Å². The topological polar surface area (TPSA) is 137 Å². The number of piperazine rings is 2. The Morgan fingerprint density at radius 2 is 0.962 bits per heavy atom. The summed E-state index contributed by atoms with van der Waals surface area (Å²) < 4.78 is 33.2. The smallest absolute Gasteiger partial charge is 0.545 e. The molecular weight excluding hydrogens is 733 g/mol. The van der Waals surface area contributed by atoms with E-state index in [1.54, 1.807) is 21.3 Å². The summed E-state index contributed by atoms with van der Waals surface area (Å²) in [5.74, 6) is -4.02. The van der Waals surface area contributed by atoms with Crippen LogP contribution in [0.3, 0.4) is 0 Å². The van der Waals surface area contributed by atoms with Crippen molar-refractivity contribution in [3.63, 3.8) is 0 Å². The maximum absolute atomic E-state index is 14.8. The molecular formula is C38H42F2N6NiO6. The molecule has 284 valence electrons. The zero-order valence-corrected chi connectivity index (χ0v) is 30.7. The number of fused-ring (bicyclic) bond motifs is 2. The third-order valence-electron chi connectivity index (χ3n) is 10.8. The van der Waals surface area contributed by atoms with Gasteiger partial charge in [0.25, 0.3) is 0 Å². The van der Waals surface area contributed by atoms with Crippen LogP contribution in [0.25, 0.3) is 21.8 Å². The quantitative estimate of drug-likeness (QED) is 0.245. The van der Waals surface area contributed by atoms with Gasteiger partial charge in [0, 0.05) is 87.6 Å². The van der Waals surface area contributed by atoms with Gasteiger partial charge < -0.3 is 48.5 Å². The minimum absolute atomic E-state index is 0. The van der Waals surface area contributed by atoms with E-state index in [9.17, 15) is 38.2 Å². The number of carbonyl (C=O) groups excluding carboxylic acids is 2. The van der Waals surface area contributed by atoms with Crippen molar-refractivity contribution in [1.82, 2.24) is 18.9 Å². The molecule has 53 heavy (non-hydrogen) atoms. The zero-order chi connectivity index (χ0) is 36.8. The van der Waals surface area contributed by atoms with E-state index in [2.05, 4.69) is 23.6 Å². The number of carboxylic acids is 2. The van der Waals surface area contributed by atoms with Gasteiger partial charge in [-0.1, -0.05) is 13.8 Å². The molecule has 2 aromatic heterocycles. The second-order valence-corrected chi connectivity index (χ2v) is 14.1. The fraction of sp³-hybridized carbons (Fsp3) is 0.474. The fourth-order valence-corrected chi connectivity index (χ4v) is 7.41. The average Bonchev–Trinajstić information content (AvgIpc) is 4.07. The van der Waals surface area contributed by atoms with Crippen molar-refractivity contribution >= 4 is 45.1 Å². The minimum atomic E-state index is -1.52. The van der Waals surface area contributed by atoms with E-state index >= 15 is 0 Å². The van der Waals surface area contributed by atoms with E-state index in [4.69, 9.17) is 0 Å². The molecule has 0 atom stereocenters. The van der Waals surface area contributed by atoms with Crippen LogP contribution in [0.4, 0.5) is 20.2 Å². The molecule has 8 rings (SSSR count). The molecule has 4 aromatic rings. The molecule has 2 saturated carbocycles. The fourth-order valence-electron chi connectivity index (χ4n) is 7.41. The molecule has 0 spiro atoms. The zero-order valence-electron chi connectivity index (χ0n) is 29.7. The monoisotopic (exact) mass is 774 g/mol. The van der Waals surface area contributed by atoms with Crippen molar-refractivity contribution in [2.24, 2.45) is 0 Å². The third-order valence-corrected chi connectivity index (χ3v) is 10.8. The van der Waals surface area contributed by atoms with Crippen molar-refractivity contribution in [3.8, 4) is 0 Å². The van der Waals surface area contributed by atoms with E-state index in [1.165, 1.54) is 24.5 Å². The number of hydrogen-bond acceptors (Lipinski definition) is 10. The van der Waals surface area contributed by atoms with Gasteiger partial charge in [-0.05, 0) is 63.0 Å². The number of anilines is 2. The van der Waals surface area contributed by atoms with Crippen LogP contribution in [0.2, 0.25) is 0 Å². The van der Waals surface area contributed by atoms with Crippen molar-refractivity contribution in [1.29, 1.82) is 0 Å². The summed E-state index contributed by atoms with van der Waals surface area (Å²) in [4.78, 5) is 56.1. The van der Waals surface area contributed by atoms with E-state index < -0.39 is 45.6 Å². The molecule has 0 radical (unpaired) electrons. The number of rotatable bonds is 8. The summed E-state index contributed by atoms with van der Waals surface area (Å²) in [7, 11) is 0. The first-order chi connectivity index (χ1) is 25.0. The first kappa shape index (κ1) is 38.4. The van der Waals surface area contributed by atoms with Crippen LogP contribution < -0.4 is 30.9 Å². The Labute approximate surface area is 315 Å². The Balaban J connectivity index is 0.000000178. The van der Waals surface area contributed by atoms with E-state index in [-0.39, 0.29) is 39.3 Å². The number of likely N-dealkylation sites (N-methyl/N-ethyl adjacent to an activating group) is 2. The molecule has 4 fully saturated rings. The van der Waals surface area contributed by atoms with Gasteiger partial charge in [0.15, 0.2) is 10.9 Å². The van der Waals surface area contributed by atoms with Crippen molar-refractivity contribution in [3.05, 3.63) is 79.9 Å². The number of benzene rings is 2. The number of aromatic carboxylic acids is 2. The Morgan fingerprint density at radius 1 is 0.623 bits per heavy atom. The van der Waals surface area contributed by atoms with Crippen LogP contribution in [0.1, 0.15) is 72.3 Å². The number of pyridine rings is 2. The summed E-state index contributed by atoms with van der Waals surface area (Å²) in [5, 5.41) is 22.8. The van der Waals surface area contributed by atoms with Gasteiger partial charge in [-0.2, -0.15) is 0 Å². The molecule has 2 saturated heterocycles. The summed E-state index contributed by atoms with van der Waals surface area (Å²) in [5.41, 5.74) is -0.0438. The van der Waals surface area contributed by atoms with E-state index in [0.29, 0.717) is 22.4 Å². The molecule has 0 bridgehead atoms. The second kappa shape index (κ2) is 15.6. The van der Waals surface area contributed by atoms with Gasteiger partial charge >= 0.3 is 16.5 Å². The molecule has 0 unspecified atom stereocenters. The Bertz CT molecular complexity index is 2020. The predicted molar refractivity (Wildman–Crippen MR) is 190 cm³/mol. The number of carboxylic acid groups (broad SMARTS) is 2. The molecule has 0 N–H and O–H groups in total. The molecule has 15 heteroatoms. The number of hydrogen-bond donors (Lipinski definition) is 0. The molecule has 4 heterocycles. The van der Waals surface area contributed by atoms with Gasteiger partial charge in [-0.3, -0.25) is 9.59 Å². The van der Waals surface area contributed by atoms with Crippen LogP contribution in [0.15, 0.2) is 46.2 Å². The minimum Gasteiger partial charge on any atom is -0.545 e. The Morgan fingerprint density at radius 3 is 1.25 bits per heavy atom. The summed E-state index contributed by atoms with van der Waals surface area (Å²) in [6, 6.07) is 6.09. The standard InChI is InChI=1S/2C19H22FN3O3.Ni/c2*1-2-21-5-7-22(8-6-21)17-10-16-13(9-15(17)20)18(24)14(19(25)26)11-23(16)12-3-4-12;/h2*9-12H,2-8H2,1H3,(H,25,26);/q;;+2/p-2. The Hall–Kier alpha value is -4.33. The second-order valence-electron chi connectivity index (χ2n) is 14.1. The molecule has 2 aliphatic carbocycles. The van der Waals surface area contributed by atoms with Crippen molar-refractivity contribution < 1.29 is 45.1 Å². The largest absolute Gasteiger partial charge is 2.00 e. The predicted octanol–water partition coefficient (Wildman–Crippen LogP) is 1.96. The summed E-state index contributed by atoms with van der Waals surface area (Å²) >= 11 is 0. The normalized spacial score (nSPS) is 18.1. The van der Waals surface area contributed by atoms with Crippen LogP contribution in [-0.2, 0) is 16.5 Å². The van der Waals surface area contributed by atoms with Crippen LogP contribution in [-0.4, -0.2) is 96.3 Å².